The quantitative estimate of drug-likeness (QED) is 0.811. The van der Waals surface area contributed by atoms with Crippen LogP contribution in [0.4, 0.5) is 13.2 Å². The average molecular weight is 372 g/mol. The summed E-state index contributed by atoms with van der Waals surface area (Å²) in [5.41, 5.74) is -0.487. The normalized spacial score (nSPS) is 17.4. The van der Waals surface area contributed by atoms with E-state index in [0.717, 1.165) is 0 Å². The van der Waals surface area contributed by atoms with Gasteiger partial charge in [-0.1, -0.05) is 19.0 Å². The van der Waals surface area contributed by atoms with E-state index in [4.69, 9.17) is 9.26 Å². The molecular formula is C16H19F3N4O3. The summed E-state index contributed by atoms with van der Waals surface area (Å²) >= 11 is 0. The first kappa shape index (κ1) is 18.4. The third kappa shape index (κ3) is 4.05. The summed E-state index contributed by atoms with van der Waals surface area (Å²) in [5, 5.41) is 9.55. The van der Waals surface area contributed by atoms with E-state index in [1.165, 1.54) is 0 Å². The zero-order chi connectivity index (χ0) is 18.9. The summed E-state index contributed by atoms with van der Waals surface area (Å²) in [5.74, 6) is -0.170. The number of H-pyrrole nitrogens is 1. The lowest BCUT2D eigenvalue weighted by Gasteiger charge is -2.21. The second-order valence-corrected chi connectivity index (χ2v) is 6.78. The summed E-state index contributed by atoms with van der Waals surface area (Å²) < 4.78 is 49.1. The monoisotopic (exact) mass is 372 g/mol. The molecule has 0 fully saturated rings. The summed E-state index contributed by atoms with van der Waals surface area (Å²) in [6.07, 6.45) is -3.25. The molecule has 0 saturated heterocycles. The van der Waals surface area contributed by atoms with Crippen LogP contribution in [-0.2, 0) is 41.6 Å². The highest BCUT2D eigenvalue weighted by Gasteiger charge is 2.40. The van der Waals surface area contributed by atoms with Crippen LogP contribution in [0.5, 0.6) is 0 Å². The number of alkyl halides is 3. The molecule has 7 nitrogen and oxygen atoms in total. The van der Waals surface area contributed by atoms with Crippen LogP contribution in [0.15, 0.2) is 4.52 Å². The highest BCUT2D eigenvalue weighted by atomic mass is 19.4. The fourth-order valence-electron chi connectivity index (χ4n) is 2.98. The molecule has 1 aliphatic carbocycles. The minimum atomic E-state index is -4.55. The molecule has 2 aromatic rings. The van der Waals surface area contributed by atoms with Crippen LogP contribution in [-0.4, -0.2) is 26.3 Å². The van der Waals surface area contributed by atoms with Crippen LogP contribution in [0.3, 0.4) is 0 Å². The van der Waals surface area contributed by atoms with E-state index in [2.05, 4.69) is 20.3 Å². The average Bonchev–Trinajstić information content (AvgIpc) is 3.17. The second kappa shape index (κ2) is 7.08. The van der Waals surface area contributed by atoms with Gasteiger partial charge in [0.2, 0.25) is 0 Å². The van der Waals surface area contributed by atoms with Crippen LogP contribution in [0.25, 0.3) is 0 Å². The van der Waals surface area contributed by atoms with Gasteiger partial charge in [-0.15, -0.1) is 0 Å². The number of aromatic nitrogens is 4. The molecule has 0 unspecified atom stereocenters. The molecule has 1 atom stereocenters. The molecule has 142 valence electrons. The first-order valence-electron chi connectivity index (χ1n) is 8.35. The molecule has 0 spiro atoms. The Kier molecular flexibility index (Phi) is 5.01. The van der Waals surface area contributed by atoms with Gasteiger partial charge < -0.3 is 9.26 Å². The number of esters is 1. The van der Waals surface area contributed by atoms with E-state index in [1.54, 1.807) is 0 Å². The van der Waals surface area contributed by atoms with Gasteiger partial charge in [-0.25, -0.2) is 0 Å². The summed E-state index contributed by atoms with van der Waals surface area (Å²) in [4.78, 5) is 16.3. The van der Waals surface area contributed by atoms with E-state index < -0.39 is 23.8 Å². The number of halogens is 3. The highest BCUT2D eigenvalue weighted by Crippen LogP contribution is 2.36. The van der Waals surface area contributed by atoms with Gasteiger partial charge in [0.15, 0.2) is 18.1 Å². The Hall–Kier alpha value is -2.39. The number of aryl methyl sites for hydroxylation is 1. The van der Waals surface area contributed by atoms with Crippen molar-refractivity contribution in [2.24, 2.45) is 11.8 Å². The lowest BCUT2D eigenvalue weighted by Crippen LogP contribution is -2.25. The maximum Gasteiger partial charge on any atom is 0.435 e. The van der Waals surface area contributed by atoms with Gasteiger partial charge >= 0.3 is 12.1 Å². The van der Waals surface area contributed by atoms with Gasteiger partial charge in [0.05, 0.1) is 5.92 Å². The molecule has 0 bridgehead atoms. The fourth-order valence-corrected chi connectivity index (χ4v) is 2.98. The number of carbonyl (C=O) groups is 1. The van der Waals surface area contributed by atoms with Gasteiger partial charge in [-0.2, -0.15) is 23.3 Å². The van der Waals surface area contributed by atoms with Crippen molar-refractivity contribution < 1.29 is 27.2 Å². The van der Waals surface area contributed by atoms with Crippen LogP contribution in [0, 0.1) is 11.8 Å². The minimum Gasteiger partial charge on any atom is -0.455 e. The maximum atomic E-state index is 13.0. The van der Waals surface area contributed by atoms with Crippen molar-refractivity contribution in [3.05, 3.63) is 28.7 Å². The minimum absolute atomic E-state index is 0.0442. The standard InChI is InChI=1S/C16H19F3N4O3/c1-8(2)5-12-20-13(26-23-12)7-25-15(24)9-3-4-11-10(6-9)14(22-21-11)16(17,18)19/h8-9H,3-7H2,1-2H3,(H,21,22)/t9-/m1/s1. The van der Waals surface area contributed by atoms with Crippen molar-refractivity contribution in [3.63, 3.8) is 0 Å². The first-order chi connectivity index (χ1) is 12.2. The van der Waals surface area contributed by atoms with E-state index in [9.17, 15) is 18.0 Å². The summed E-state index contributed by atoms with van der Waals surface area (Å²) in [6.45, 7) is 3.84. The predicted molar refractivity (Wildman–Crippen MR) is 81.7 cm³/mol. The number of ether oxygens (including phenoxy) is 1. The SMILES string of the molecule is CC(C)Cc1noc(COC(=O)[C@@H]2CCc3[nH]nc(C(F)(F)F)c3C2)n1. The highest BCUT2D eigenvalue weighted by molar-refractivity contribution is 5.73. The molecule has 2 heterocycles. The van der Waals surface area contributed by atoms with E-state index in [1.807, 2.05) is 13.8 Å². The maximum absolute atomic E-state index is 13.0. The summed E-state index contributed by atoms with van der Waals surface area (Å²) in [7, 11) is 0. The molecule has 3 rings (SSSR count). The third-order valence-corrected chi connectivity index (χ3v) is 4.19. The van der Waals surface area contributed by atoms with Crippen molar-refractivity contribution in [1.82, 2.24) is 20.3 Å². The molecule has 10 heteroatoms. The lowest BCUT2D eigenvalue weighted by molar-refractivity contribution is -0.152. The first-order valence-corrected chi connectivity index (χ1v) is 8.35. The molecule has 1 N–H and O–H groups in total. The number of hydrogen-bond acceptors (Lipinski definition) is 6. The molecule has 2 aromatic heterocycles. The van der Waals surface area contributed by atoms with Gasteiger partial charge in [-0.3, -0.25) is 9.89 Å². The van der Waals surface area contributed by atoms with Crippen molar-refractivity contribution in [3.8, 4) is 0 Å². The topological polar surface area (TPSA) is 93.9 Å². The van der Waals surface area contributed by atoms with Crippen molar-refractivity contribution in [1.29, 1.82) is 0 Å². The van der Waals surface area contributed by atoms with Crippen LogP contribution >= 0.6 is 0 Å². The van der Waals surface area contributed by atoms with Crippen molar-refractivity contribution in [2.75, 3.05) is 0 Å². The van der Waals surface area contributed by atoms with Crippen LogP contribution in [0.2, 0.25) is 0 Å². The number of hydrogen-bond donors (Lipinski definition) is 1. The number of fused-ring (bicyclic) bond motifs is 1. The van der Waals surface area contributed by atoms with E-state index in [-0.39, 0.29) is 24.5 Å². The lowest BCUT2D eigenvalue weighted by atomic mass is 9.86. The molecular weight excluding hydrogens is 353 g/mol. The largest absolute Gasteiger partial charge is 0.455 e. The number of carbonyl (C=O) groups excluding carboxylic acids is 1. The predicted octanol–water partition coefficient (Wildman–Crippen LogP) is 2.86. The molecule has 0 amide bonds. The van der Waals surface area contributed by atoms with Crippen molar-refractivity contribution >= 4 is 5.97 Å². The smallest absolute Gasteiger partial charge is 0.435 e. The Balaban J connectivity index is 1.59. The number of aromatic amines is 1. The molecule has 0 aliphatic heterocycles. The number of nitrogens with zero attached hydrogens (tertiary/aromatic N) is 3. The van der Waals surface area contributed by atoms with Gasteiger partial charge in [0.25, 0.3) is 5.89 Å². The Bertz CT molecular complexity index is 782. The number of rotatable bonds is 5. The molecule has 1 aliphatic rings. The van der Waals surface area contributed by atoms with Gasteiger partial charge in [-0.05, 0) is 25.2 Å². The van der Waals surface area contributed by atoms with Gasteiger partial charge in [0, 0.05) is 17.7 Å². The van der Waals surface area contributed by atoms with Crippen LogP contribution in [0.1, 0.15) is 48.9 Å². The third-order valence-electron chi connectivity index (χ3n) is 4.19. The number of nitrogens with one attached hydrogen (secondary N) is 1. The summed E-state index contributed by atoms with van der Waals surface area (Å²) in [6, 6.07) is 0. The van der Waals surface area contributed by atoms with Crippen molar-refractivity contribution in [2.45, 2.75) is 52.3 Å². The Morgan fingerprint density at radius 3 is 2.88 bits per heavy atom. The molecule has 0 radical (unpaired) electrons. The van der Waals surface area contributed by atoms with E-state index >= 15 is 0 Å². The Morgan fingerprint density at radius 2 is 2.19 bits per heavy atom. The zero-order valence-electron chi connectivity index (χ0n) is 14.4. The molecule has 26 heavy (non-hydrogen) atoms. The van der Waals surface area contributed by atoms with E-state index in [0.29, 0.717) is 36.7 Å². The molecule has 0 saturated carbocycles. The zero-order valence-corrected chi connectivity index (χ0v) is 14.4. The molecule has 0 aromatic carbocycles. The van der Waals surface area contributed by atoms with Crippen LogP contribution < -0.4 is 0 Å². The van der Waals surface area contributed by atoms with Gasteiger partial charge in [0.1, 0.15) is 0 Å². The Labute approximate surface area is 147 Å². The fraction of sp³-hybridized carbons (Fsp3) is 0.625. The Morgan fingerprint density at radius 1 is 1.42 bits per heavy atom. The second-order valence-electron chi connectivity index (χ2n) is 6.78.